The molecule has 1 spiro atoms. The molecule has 3 fully saturated rings. The molecule has 1 aliphatic carbocycles. The van der Waals surface area contributed by atoms with Gasteiger partial charge in [0.25, 0.3) is 5.91 Å². The van der Waals surface area contributed by atoms with Gasteiger partial charge in [-0.05, 0) is 55.7 Å². The second kappa shape index (κ2) is 6.43. The molecule has 4 aliphatic rings. The first-order valence-corrected chi connectivity index (χ1v) is 9.64. The number of nitrogens with zero attached hydrogens (tertiary/aromatic N) is 1. The minimum atomic E-state index is -0.158. The Bertz CT molecular complexity index is 695. The number of ether oxygens (including phenoxy) is 4. The number of rotatable bonds is 6. The summed E-state index contributed by atoms with van der Waals surface area (Å²) in [5, 5.41) is 0. The molecule has 3 aliphatic heterocycles. The molecule has 0 unspecified atom stereocenters. The number of amides is 1. The highest BCUT2D eigenvalue weighted by molar-refractivity contribution is 5.95. The molecule has 1 aromatic rings. The summed E-state index contributed by atoms with van der Waals surface area (Å²) in [5.74, 6) is 2.68. The molecule has 0 radical (unpaired) electrons. The second-order valence-corrected chi connectivity index (χ2v) is 7.94. The van der Waals surface area contributed by atoms with Crippen LogP contribution in [0.2, 0.25) is 0 Å². The molecular formula is C20H25NO5. The van der Waals surface area contributed by atoms with Crippen LogP contribution in [-0.2, 0) is 9.47 Å². The summed E-state index contributed by atoms with van der Waals surface area (Å²) < 4.78 is 22.6. The molecule has 1 atom stereocenters. The van der Waals surface area contributed by atoms with Gasteiger partial charge in [-0.1, -0.05) is 0 Å². The van der Waals surface area contributed by atoms with E-state index in [2.05, 4.69) is 0 Å². The van der Waals surface area contributed by atoms with Gasteiger partial charge in [-0.3, -0.25) is 4.79 Å². The number of benzene rings is 1. The summed E-state index contributed by atoms with van der Waals surface area (Å²) in [4.78, 5) is 14.6. The third kappa shape index (κ3) is 2.95. The Balaban J connectivity index is 1.16. The predicted octanol–water partition coefficient (Wildman–Crippen LogP) is 2.46. The van der Waals surface area contributed by atoms with Crippen molar-refractivity contribution in [2.75, 3.05) is 39.7 Å². The Hall–Kier alpha value is -1.79. The van der Waals surface area contributed by atoms with Gasteiger partial charge in [0.2, 0.25) is 6.79 Å². The molecule has 1 amide bonds. The maximum Gasteiger partial charge on any atom is 0.254 e. The highest BCUT2D eigenvalue weighted by Gasteiger charge is 2.54. The molecule has 2 saturated heterocycles. The van der Waals surface area contributed by atoms with Crippen LogP contribution in [0.4, 0.5) is 0 Å². The van der Waals surface area contributed by atoms with Crippen LogP contribution in [0.15, 0.2) is 18.2 Å². The van der Waals surface area contributed by atoms with Crippen molar-refractivity contribution in [1.29, 1.82) is 0 Å². The quantitative estimate of drug-likeness (QED) is 0.731. The molecule has 140 valence electrons. The molecular weight excluding hydrogens is 334 g/mol. The van der Waals surface area contributed by atoms with E-state index in [1.165, 1.54) is 12.8 Å². The van der Waals surface area contributed by atoms with Crippen LogP contribution in [0.5, 0.6) is 11.5 Å². The lowest BCUT2D eigenvalue weighted by atomic mass is 9.79. The summed E-state index contributed by atoms with van der Waals surface area (Å²) in [6, 6.07) is 5.38. The Morgan fingerprint density at radius 1 is 1.19 bits per heavy atom. The lowest BCUT2D eigenvalue weighted by molar-refractivity contribution is -0.120. The molecule has 1 aromatic carbocycles. The number of fused-ring (bicyclic) bond motifs is 1. The van der Waals surface area contributed by atoms with Crippen LogP contribution in [0.25, 0.3) is 0 Å². The first kappa shape index (κ1) is 16.4. The Kier molecular flexibility index (Phi) is 4.05. The minimum Gasteiger partial charge on any atom is -0.454 e. The van der Waals surface area contributed by atoms with Gasteiger partial charge < -0.3 is 23.8 Å². The molecule has 0 N–H and O–H groups in total. The highest BCUT2D eigenvalue weighted by atomic mass is 16.7. The number of likely N-dealkylation sites (tertiary alicyclic amines) is 1. The van der Waals surface area contributed by atoms with E-state index in [0.29, 0.717) is 36.1 Å². The van der Waals surface area contributed by atoms with Crippen LogP contribution in [0.1, 0.15) is 36.0 Å². The maximum atomic E-state index is 12.8. The van der Waals surface area contributed by atoms with Crippen molar-refractivity contribution in [3.05, 3.63) is 23.8 Å². The van der Waals surface area contributed by atoms with Crippen molar-refractivity contribution in [2.45, 2.75) is 31.3 Å². The summed E-state index contributed by atoms with van der Waals surface area (Å²) in [5.41, 5.74) is 0.487. The van der Waals surface area contributed by atoms with Gasteiger partial charge in [0.1, 0.15) is 5.60 Å². The van der Waals surface area contributed by atoms with Gasteiger partial charge in [-0.2, -0.15) is 0 Å². The van der Waals surface area contributed by atoms with E-state index in [-0.39, 0.29) is 18.3 Å². The molecule has 6 nitrogen and oxygen atoms in total. The zero-order chi connectivity index (χ0) is 17.6. The monoisotopic (exact) mass is 359 g/mol. The molecule has 0 bridgehead atoms. The number of hydrogen-bond donors (Lipinski definition) is 0. The summed E-state index contributed by atoms with van der Waals surface area (Å²) in [6.07, 6.45) is 4.75. The van der Waals surface area contributed by atoms with E-state index in [1.54, 1.807) is 18.2 Å². The fourth-order valence-corrected chi connectivity index (χ4v) is 4.26. The third-order valence-electron chi connectivity index (χ3n) is 6.08. The fourth-order valence-electron chi connectivity index (χ4n) is 4.26. The summed E-state index contributed by atoms with van der Waals surface area (Å²) >= 11 is 0. The molecule has 3 heterocycles. The highest BCUT2D eigenvalue weighted by Crippen LogP contribution is 2.43. The zero-order valence-electron chi connectivity index (χ0n) is 14.9. The van der Waals surface area contributed by atoms with Crippen molar-refractivity contribution >= 4 is 5.91 Å². The van der Waals surface area contributed by atoms with E-state index < -0.39 is 0 Å². The van der Waals surface area contributed by atoms with Crippen molar-refractivity contribution < 1.29 is 23.7 Å². The first-order chi connectivity index (χ1) is 12.7. The summed E-state index contributed by atoms with van der Waals surface area (Å²) in [6.45, 7) is 4.08. The predicted molar refractivity (Wildman–Crippen MR) is 93.4 cm³/mol. The van der Waals surface area contributed by atoms with Crippen molar-refractivity contribution in [3.8, 4) is 11.5 Å². The Morgan fingerprint density at radius 3 is 2.88 bits per heavy atom. The van der Waals surface area contributed by atoms with Gasteiger partial charge in [-0.15, -0.1) is 0 Å². The van der Waals surface area contributed by atoms with Gasteiger partial charge >= 0.3 is 0 Å². The lowest BCUT2D eigenvalue weighted by Gasteiger charge is -2.50. The third-order valence-corrected chi connectivity index (χ3v) is 6.08. The van der Waals surface area contributed by atoms with Crippen LogP contribution < -0.4 is 9.47 Å². The van der Waals surface area contributed by atoms with Crippen molar-refractivity contribution in [3.63, 3.8) is 0 Å². The minimum absolute atomic E-state index is 0.0353. The molecule has 1 saturated carbocycles. The fraction of sp³-hybridized carbons (Fsp3) is 0.650. The first-order valence-electron chi connectivity index (χ1n) is 9.64. The SMILES string of the molecule is O=C(c1ccc2c(c1)OCO2)N1CC2(C1)OCC[C@@H]2CCOCC1CC1. The Morgan fingerprint density at radius 2 is 2.04 bits per heavy atom. The molecule has 26 heavy (non-hydrogen) atoms. The van der Waals surface area contributed by atoms with Crippen molar-refractivity contribution in [2.24, 2.45) is 11.8 Å². The average Bonchev–Trinajstić information content (AvgIpc) is 3.16. The van der Waals surface area contributed by atoms with Crippen molar-refractivity contribution in [1.82, 2.24) is 4.90 Å². The van der Waals surface area contributed by atoms with E-state index in [9.17, 15) is 4.79 Å². The number of carbonyl (C=O) groups is 1. The van der Waals surface area contributed by atoms with Crippen LogP contribution >= 0.6 is 0 Å². The Labute approximate surface area is 153 Å². The van der Waals surface area contributed by atoms with Gasteiger partial charge in [0, 0.05) is 25.4 Å². The van der Waals surface area contributed by atoms with E-state index in [1.807, 2.05) is 4.90 Å². The van der Waals surface area contributed by atoms with Gasteiger partial charge in [0.15, 0.2) is 11.5 Å². The molecule has 5 rings (SSSR count). The average molecular weight is 359 g/mol. The topological polar surface area (TPSA) is 57.2 Å². The number of carbonyl (C=O) groups excluding carboxylic acids is 1. The van der Waals surface area contributed by atoms with Gasteiger partial charge in [-0.25, -0.2) is 0 Å². The number of hydrogen-bond acceptors (Lipinski definition) is 5. The summed E-state index contributed by atoms with van der Waals surface area (Å²) in [7, 11) is 0. The van der Waals surface area contributed by atoms with Crippen LogP contribution in [0.3, 0.4) is 0 Å². The van der Waals surface area contributed by atoms with E-state index >= 15 is 0 Å². The van der Waals surface area contributed by atoms with Crippen LogP contribution in [0, 0.1) is 11.8 Å². The van der Waals surface area contributed by atoms with E-state index in [4.69, 9.17) is 18.9 Å². The normalized spacial score (nSPS) is 25.5. The maximum absolute atomic E-state index is 12.8. The van der Waals surface area contributed by atoms with E-state index in [0.717, 1.165) is 38.6 Å². The molecule has 0 aromatic heterocycles. The standard InChI is InChI=1S/C20H25NO5/c22-19(15-3-4-17-18(9-15)25-13-24-17)21-11-20(12-21)16(6-8-26-20)5-7-23-10-14-1-2-14/h3-4,9,14,16H,1-2,5-8,10-13H2/t16-/m0/s1. The second-order valence-electron chi connectivity index (χ2n) is 7.94. The lowest BCUT2D eigenvalue weighted by Crippen LogP contribution is -2.66. The smallest absolute Gasteiger partial charge is 0.254 e. The largest absolute Gasteiger partial charge is 0.454 e. The zero-order valence-corrected chi connectivity index (χ0v) is 14.9. The van der Waals surface area contributed by atoms with Crippen LogP contribution in [-0.4, -0.2) is 56.1 Å². The molecule has 6 heteroatoms. The van der Waals surface area contributed by atoms with Gasteiger partial charge in [0.05, 0.1) is 13.1 Å².